The maximum atomic E-state index is 12.7. The molecule has 0 saturated heterocycles. The normalized spacial score (nSPS) is 10.4. The fraction of sp³-hybridized carbons (Fsp3) is 0.0526. The van der Waals surface area contributed by atoms with Crippen molar-refractivity contribution in [1.29, 1.82) is 0 Å². The van der Waals surface area contributed by atoms with Gasteiger partial charge in [-0.25, -0.2) is 4.57 Å². The van der Waals surface area contributed by atoms with Gasteiger partial charge in [0.25, 0.3) is 0 Å². The van der Waals surface area contributed by atoms with Crippen molar-refractivity contribution < 1.29 is 9.36 Å². The summed E-state index contributed by atoms with van der Waals surface area (Å²) in [6, 6.07) is 20.6. The van der Waals surface area contributed by atoms with Gasteiger partial charge in [0.2, 0.25) is 0 Å². The lowest BCUT2D eigenvalue weighted by atomic mass is 9.98. The van der Waals surface area contributed by atoms with Crippen molar-refractivity contribution in [2.75, 3.05) is 0 Å². The monoisotopic (exact) mass is 308 g/mol. The number of halogens is 1. The van der Waals surface area contributed by atoms with Crippen molar-refractivity contribution in [3.8, 4) is 0 Å². The van der Waals surface area contributed by atoms with Crippen LogP contribution in [0.3, 0.4) is 0 Å². The molecule has 0 atom stereocenters. The van der Waals surface area contributed by atoms with E-state index in [4.69, 9.17) is 11.6 Å². The average molecular weight is 309 g/mol. The van der Waals surface area contributed by atoms with Crippen LogP contribution >= 0.6 is 11.6 Å². The number of hydrogen-bond donors (Lipinski definition) is 0. The van der Waals surface area contributed by atoms with Crippen molar-refractivity contribution in [1.82, 2.24) is 0 Å². The highest BCUT2D eigenvalue weighted by atomic mass is 35.5. The van der Waals surface area contributed by atoms with E-state index in [9.17, 15) is 4.79 Å². The summed E-state index contributed by atoms with van der Waals surface area (Å²) in [4.78, 5) is 12.7. The average Bonchev–Trinajstić information content (AvgIpc) is 2.56. The van der Waals surface area contributed by atoms with E-state index in [1.54, 1.807) is 24.3 Å². The van der Waals surface area contributed by atoms with Crippen LogP contribution in [0.25, 0.3) is 0 Å². The summed E-state index contributed by atoms with van der Waals surface area (Å²) < 4.78 is 2.05. The minimum atomic E-state index is 0.0174. The summed E-state index contributed by atoms with van der Waals surface area (Å²) in [7, 11) is 0. The lowest BCUT2D eigenvalue weighted by Gasteiger charge is -2.06. The number of aromatic nitrogens is 1. The molecule has 22 heavy (non-hydrogen) atoms. The fourth-order valence-corrected chi connectivity index (χ4v) is 2.50. The van der Waals surface area contributed by atoms with E-state index < -0.39 is 0 Å². The first-order valence-electron chi connectivity index (χ1n) is 7.06. The molecule has 0 radical (unpaired) electrons. The summed E-state index contributed by atoms with van der Waals surface area (Å²) in [5, 5.41) is 0.629. The van der Waals surface area contributed by atoms with Crippen molar-refractivity contribution in [2.45, 2.75) is 6.54 Å². The number of benzene rings is 2. The van der Waals surface area contributed by atoms with Gasteiger partial charge in [-0.2, -0.15) is 0 Å². The quantitative estimate of drug-likeness (QED) is 0.529. The Hall–Kier alpha value is -2.45. The molecule has 0 saturated carbocycles. The van der Waals surface area contributed by atoms with Crippen LogP contribution < -0.4 is 4.57 Å². The molecule has 1 heterocycles. The third-order valence-corrected chi connectivity index (χ3v) is 3.75. The molecule has 3 aromatic rings. The fourth-order valence-electron chi connectivity index (χ4n) is 2.37. The molecule has 0 bridgehead atoms. The largest absolute Gasteiger partial charge is 0.289 e. The highest BCUT2D eigenvalue weighted by molar-refractivity contribution is 6.30. The van der Waals surface area contributed by atoms with Gasteiger partial charge in [0.1, 0.15) is 0 Å². The first kappa shape index (κ1) is 14.5. The smallest absolute Gasteiger partial charge is 0.193 e. The maximum Gasteiger partial charge on any atom is 0.193 e. The van der Waals surface area contributed by atoms with Gasteiger partial charge in [-0.3, -0.25) is 4.79 Å². The second kappa shape index (κ2) is 6.54. The Morgan fingerprint density at radius 3 is 2.27 bits per heavy atom. The summed E-state index contributed by atoms with van der Waals surface area (Å²) in [6.07, 6.45) is 3.98. The lowest BCUT2D eigenvalue weighted by molar-refractivity contribution is -0.688. The van der Waals surface area contributed by atoms with Crippen molar-refractivity contribution >= 4 is 17.4 Å². The Bertz CT molecular complexity index is 782. The molecular formula is C19H15ClNO+. The van der Waals surface area contributed by atoms with Crippen LogP contribution in [0.5, 0.6) is 0 Å². The molecule has 0 N–H and O–H groups in total. The Labute approximate surface area is 134 Å². The molecule has 2 nitrogen and oxygen atoms in total. The molecule has 0 unspecified atom stereocenters. The molecule has 0 aliphatic heterocycles. The van der Waals surface area contributed by atoms with Crippen LogP contribution in [0.4, 0.5) is 0 Å². The number of rotatable bonds is 4. The Morgan fingerprint density at radius 1 is 0.864 bits per heavy atom. The molecule has 0 aliphatic rings. The molecule has 0 aliphatic carbocycles. The number of carbonyl (C=O) groups is 1. The summed E-state index contributed by atoms with van der Waals surface area (Å²) in [5.41, 5.74) is 2.37. The third kappa shape index (κ3) is 3.23. The zero-order chi connectivity index (χ0) is 15.4. The number of hydrogen-bond acceptors (Lipinski definition) is 1. The predicted octanol–water partition coefficient (Wildman–Crippen LogP) is 3.91. The van der Waals surface area contributed by atoms with Gasteiger partial charge in [-0.05, 0) is 24.3 Å². The van der Waals surface area contributed by atoms with Gasteiger partial charge in [0, 0.05) is 33.8 Å². The molecule has 108 valence electrons. The zero-order valence-corrected chi connectivity index (χ0v) is 12.7. The molecule has 0 spiro atoms. The van der Waals surface area contributed by atoms with Gasteiger partial charge in [0.05, 0.1) is 0 Å². The number of nitrogens with zero attached hydrogens (tertiary/aromatic N) is 1. The SMILES string of the molecule is O=C(c1ccc(Cl)cc1)c1ccccc1C[n+]1ccccc1. The Morgan fingerprint density at radius 2 is 1.55 bits per heavy atom. The highest BCUT2D eigenvalue weighted by Gasteiger charge is 2.15. The molecule has 0 fully saturated rings. The van der Waals surface area contributed by atoms with Gasteiger partial charge >= 0.3 is 0 Å². The van der Waals surface area contributed by atoms with E-state index in [-0.39, 0.29) is 5.78 Å². The maximum absolute atomic E-state index is 12.7. The Balaban J connectivity index is 1.94. The molecular weight excluding hydrogens is 294 g/mol. The predicted molar refractivity (Wildman–Crippen MR) is 87.1 cm³/mol. The highest BCUT2D eigenvalue weighted by Crippen LogP contribution is 2.17. The second-order valence-electron chi connectivity index (χ2n) is 5.04. The van der Waals surface area contributed by atoms with Gasteiger partial charge in [-0.15, -0.1) is 0 Å². The van der Waals surface area contributed by atoms with E-state index in [0.717, 1.165) is 11.1 Å². The van der Waals surface area contributed by atoms with E-state index in [2.05, 4.69) is 0 Å². The summed E-state index contributed by atoms with van der Waals surface area (Å²) in [6.45, 7) is 0.663. The molecule has 0 amide bonds. The van der Waals surface area contributed by atoms with Crippen LogP contribution in [-0.4, -0.2) is 5.78 Å². The van der Waals surface area contributed by atoms with Crippen LogP contribution in [0.2, 0.25) is 5.02 Å². The van der Waals surface area contributed by atoms with Crippen molar-refractivity contribution in [2.24, 2.45) is 0 Å². The second-order valence-corrected chi connectivity index (χ2v) is 5.48. The zero-order valence-electron chi connectivity index (χ0n) is 11.9. The Kier molecular flexibility index (Phi) is 4.31. The summed E-state index contributed by atoms with van der Waals surface area (Å²) in [5.74, 6) is 0.0174. The third-order valence-electron chi connectivity index (χ3n) is 3.50. The minimum absolute atomic E-state index is 0.0174. The van der Waals surface area contributed by atoms with Crippen LogP contribution in [0.15, 0.2) is 79.1 Å². The number of carbonyl (C=O) groups excluding carboxylic acids is 1. The van der Waals surface area contributed by atoms with E-state index in [1.165, 1.54) is 0 Å². The first-order chi connectivity index (χ1) is 10.7. The van der Waals surface area contributed by atoms with Crippen LogP contribution in [0.1, 0.15) is 21.5 Å². The molecule has 3 rings (SSSR count). The molecule has 1 aromatic heterocycles. The first-order valence-corrected chi connectivity index (χ1v) is 7.44. The van der Waals surface area contributed by atoms with Gasteiger partial charge in [-0.1, -0.05) is 41.9 Å². The van der Waals surface area contributed by atoms with E-state index in [1.807, 2.05) is 59.4 Å². The van der Waals surface area contributed by atoms with Gasteiger partial charge < -0.3 is 0 Å². The number of pyridine rings is 1. The van der Waals surface area contributed by atoms with Crippen molar-refractivity contribution in [3.05, 3.63) is 101 Å². The molecule has 2 aromatic carbocycles. The van der Waals surface area contributed by atoms with E-state index >= 15 is 0 Å². The summed E-state index contributed by atoms with van der Waals surface area (Å²) >= 11 is 5.89. The van der Waals surface area contributed by atoms with Crippen LogP contribution in [-0.2, 0) is 6.54 Å². The standard InChI is InChI=1S/C19H15ClNO/c20-17-10-8-15(9-11-17)19(22)18-7-3-2-6-16(18)14-21-12-4-1-5-13-21/h1-13H,14H2/q+1. The van der Waals surface area contributed by atoms with E-state index in [0.29, 0.717) is 17.1 Å². The number of ketones is 1. The van der Waals surface area contributed by atoms with Gasteiger partial charge in [0.15, 0.2) is 24.7 Å². The van der Waals surface area contributed by atoms with Crippen molar-refractivity contribution in [3.63, 3.8) is 0 Å². The van der Waals surface area contributed by atoms with Crippen LogP contribution in [0, 0.1) is 0 Å². The topological polar surface area (TPSA) is 20.9 Å². The minimum Gasteiger partial charge on any atom is -0.289 e. The molecule has 3 heteroatoms. The lowest BCUT2D eigenvalue weighted by Crippen LogP contribution is -2.33.